The van der Waals surface area contributed by atoms with E-state index in [1.807, 2.05) is 18.7 Å². The molecule has 1 aliphatic carbocycles. The summed E-state index contributed by atoms with van der Waals surface area (Å²) in [4.78, 5) is 14.2. The fourth-order valence-electron chi connectivity index (χ4n) is 2.44. The molecule has 4 nitrogen and oxygen atoms in total. The second-order valence-corrected chi connectivity index (χ2v) is 4.67. The van der Waals surface area contributed by atoms with Gasteiger partial charge in [-0.2, -0.15) is 0 Å². The zero-order chi connectivity index (χ0) is 12.7. The summed E-state index contributed by atoms with van der Waals surface area (Å²) in [5.74, 6) is 0.254. The number of hydrogen-bond acceptors (Lipinski definition) is 3. The monoisotopic (exact) mass is 242 g/mol. The zero-order valence-corrected chi connectivity index (χ0v) is 11.2. The molecule has 0 aromatic heterocycles. The van der Waals surface area contributed by atoms with E-state index >= 15 is 0 Å². The van der Waals surface area contributed by atoms with Crippen LogP contribution in [-0.4, -0.2) is 43.2 Å². The molecule has 0 heterocycles. The van der Waals surface area contributed by atoms with Crippen molar-refractivity contribution in [2.24, 2.45) is 11.7 Å². The fraction of sp³-hybridized carbons (Fsp3) is 0.923. The molecule has 100 valence electrons. The summed E-state index contributed by atoms with van der Waals surface area (Å²) in [6.45, 7) is 6.74. The van der Waals surface area contributed by atoms with E-state index in [1.165, 1.54) is 0 Å². The molecule has 0 bridgehead atoms. The van der Waals surface area contributed by atoms with Crippen molar-refractivity contribution in [3.05, 3.63) is 0 Å². The number of carbonyl (C=O) groups excluding carboxylic acids is 1. The van der Waals surface area contributed by atoms with Crippen LogP contribution in [0.4, 0.5) is 0 Å². The van der Waals surface area contributed by atoms with E-state index in [0.717, 1.165) is 32.2 Å². The number of carbonyl (C=O) groups is 1. The molecule has 2 atom stereocenters. The Bertz CT molecular complexity index is 233. The van der Waals surface area contributed by atoms with Gasteiger partial charge < -0.3 is 15.4 Å². The quantitative estimate of drug-likeness (QED) is 0.716. The lowest BCUT2D eigenvalue weighted by Crippen LogP contribution is -2.46. The molecule has 2 unspecified atom stereocenters. The van der Waals surface area contributed by atoms with Crippen molar-refractivity contribution in [2.75, 3.05) is 26.3 Å². The fourth-order valence-corrected chi connectivity index (χ4v) is 2.44. The van der Waals surface area contributed by atoms with Crippen molar-refractivity contribution < 1.29 is 9.53 Å². The normalized spacial score (nSPS) is 24.6. The Morgan fingerprint density at radius 3 is 2.65 bits per heavy atom. The van der Waals surface area contributed by atoms with Crippen molar-refractivity contribution in [1.29, 1.82) is 0 Å². The Kier molecular flexibility index (Phi) is 6.52. The van der Waals surface area contributed by atoms with E-state index < -0.39 is 0 Å². The Hall–Kier alpha value is -0.610. The smallest absolute Gasteiger partial charge is 0.227 e. The lowest BCUT2D eigenvalue weighted by Gasteiger charge is -2.32. The van der Waals surface area contributed by atoms with Crippen LogP contribution >= 0.6 is 0 Å². The van der Waals surface area contributed by atoms with Gasteiger partial charge >= 0.3 is 0 Å². The van der Waals surface area contributed by atoms with E-state index in [9.17, 15) is 4.79 Å². The molecule has 17 heavy (non-hydrogen) atoms. The van der Waals surface area contributed by atoms with Crippen molar-refractivity contribution in [1.82, 2.24) is 4.90 Å². The van der Waals surface area contributed by atoms with Gasteiger partial charge in [0.15, 0.2) is 0 Å². The first-order valence-corrected chi connectivity index (χ1v) is 6.82. The third-order valence-corrected chi connectivity index (χ3v) is 3.54. The molecule has 0 spiro atoms. The van der Waals surface area contributed by atoms with Crippen molar-refractivity contribution in [2.45, 2.75) is 45.6 Å². The van der Waals surface area contributed by atoms with Crippen LogP contribution in [0.1, 0.15) is 39.5 Å². The summed E-state index contributed by atoms with van der Waals surface area (Å²) in [7, 11) is 0. The number of amides is 1. The summed E-state index contributed by atoms with van der Waals surface area (Å²) < 4.78 is 5.31. The van der Waals surface area contributed by atoms with E-state index in [1.54, 1.807) is 0 Å². The number of ether oxygens (including phenoxy) is 1. The third-order valence-electron chi connectivity index (χ3n) is 3.54. The minimum atomic E-state index is 0.0327. The molecule has 2 N–H and O–H groups in total. The second-order valence-electron chi connectivity index (χ2n) is 4.67. The molecule has 1 aliphatic rings. The average Bonchev–Trinajstić information content (AvgIpc) is 2.35. The van der Waals surface area contributed by atoms with Crippen molar-refractivity contribution in [3.8, 4) is 0 Å². The Labute approximate surface area is 104 Å². The molecule has 1 saturated carbocycles. The number of rotatable bonds is 6. The molecular formula is C13H26N2O2. The van der Waals surface area contributed by atoms with Gasteiger partial charge in [-0.15, -0.1) is 0 Å². The number of hydrogen-bond donors (Lipinski definition) is 1. The number of nitrogens with zero attached hydrogens (tertiary/aromatic N) is 1. The minimum absolute atomic E-state index is 0.0327. The Balaban J connectivity index is 2.46. The van der Waals surface area contributed by atoms with Crippen LogP contribution < -0.4 is 5.73 Å². The zero-order valence-electron chi connectivity index (χ0n) is 11.2. The molecule has 1 rings (SSSR count). The first kappa shape index (κ1) is 14.5. The predicted molar refractivity (Wildman–Crippen MR) is 68.7 cm³/mol. The molecule has 0 saturated heterocycles. The highest BCUT2D eigenvalue weighted by Crippen LogP contribution is 2.24. The van der Waals surface area contributed by atoms with Crippen LogP contribution in [0.3, 0.4) is 0 Å². The predicted octanol–water partition coefficient (Wildman–Crippen LogP) is 1.39. The van der Waals surface area contributed by atoms with E-state index in [2.05, 4.69) is 0 Å². The first-order chi connectivity index (χ1) is 8.20. The highest BCUT2D eigenvalue weighted by atomic mass is 16.5. The maximum atomic E-state index is 12.3. The summed E-state index contributed by atoms with van der Waals surface area (Å²) in [5, 5.41) is 0. The SMILES string of the molecule is CCOCCN(CC)C(=O)C1CCCCC1N. The van der Waals surface area contributed by atoms with Gasteiger partial charge in [0.2, 0.25) is 5.91 Å². The molecule has 0 aliphatic heterocycles. The van der Waals surface area contributed by atoms with Crippen LogP contribution in [0, 0.1) is 5.92 Å². The molecular weight excluding hydrogens is 216 g/mol. The van der Waals surface area contributed by atoms with E-state index in [4.69, 9.17) is 10.5 Å². The maximum Gasteiger partial charge on any atom is 0.227 e. The van der Waals surface area contributed by atoms with Crippen LogP contribution in [-0.2, 0) is 9.53 Å². The van der Waals surface area contributed by atoms with Gasteiger partial charge in [-0.05, 0) is 26.7 Å². The van der Waals surface area contributed by atoms with E-state index in [0.29, 0.717) is 19.8 Å². The van der Waals surface area contributed by atoms with Crippen LogP contribution in [0.2, 0.25) is 0 Å². The van der Waals surface area contributed by atoms with Gasteiger partial charge in [0.1, 0.15) is 0 Å². The van der Waals surface area contributed by atoms with Crippen LogP contribution in [0.15, 0.2) is 0 Å². The summed E-state index contributed by atoms with van der Waals surface area (Å²) in [5.41, 5.74) is 6.05. The van der Waals surface area contributed by atoms with E-state index in [-0.39, 0.29) is 17.9 Å². The van der Waals surface area contributed by atoms with Gasteiger partial charge in [0.25, 0.3) is 0 Å². The molecule has 0 radical (unpaired) electrons. The second kappa shape index (κ2) is 7.67. The first-order valence-electron chi connectivity index (χ1n) is 6.82. The largest absolute Gasteiger partial charge is 0.380 e. The molecule has 1 fully saturated rings. The number of nitrogens with two attached hydrogens (primary N) is 1. The average molecular weight is 242 g/mol. The summed E-state index contributed by atoms with van der Waals surface area (Å²) in [6, 6.07) is 0.0531. The Morgan fingerprint density at radius 1 is 1.35 bits per heavy atom. The van der Waals surface area contributed by atoms with Gasteiger partial charge in [-0.1, -0.05) is 12.8 Å². The van der Waals surface area contributed by atoms with Gasteiger partial charge in [-0.25, -0.2) is 0 Å². The standard InChI is InChI=1S/C13H26N2O2/c1-3-15(9-10-17-4-2)13(16)11-7-5-6-8-12(11)14/h11-12H,3-10,14H2,1-2H3. The molecule has 4 heteroatoms. The van der Waals surface area contributed by atoms with Gasteiger partial charge in [0.05, 0.1) is 12.5 Å². The lowest BCUT2D eigenvalue weighted by atomic mass is 9.84. The maximum absolute atomic E-state index is 12.3. The molecule has 0 aromatic rings. The van der Waals surface area contributed by atoms with Crippen LogP contribution in [0.25, 0.3) is 0 Å². The van der Waals surface area contributed by atoms with Crippen molar-refractivity contribution >= 4 is 5.91 Å². The summed E-state index contributed by atoms with van der Waals surface area (Å²) >= 11 is 0. The van der Waals surface area contributed by atoms with Crippen molar-refractivity contribution in [3.63, 3.8) is 0 Å². The topological polar surface area (TPSA) is 55.6 Å². The Morgan fingerprint density at radius 2 is 2.06 bits per heavy atom. The van der Waals surface area contributed by atoms with Crippen LogP contribution in [0.5, 0.6) is 0 Å². The number of likely N-dealkylation sites (N-methyl/N-ethyl adjacent to an activating group) is 1. The van der Waals surface area contributed by atoms with Gasteiger partial charge in [-0.3, -0.25) is 4.79 Å². The third kappa shape index (κ3) is 4.28. The highest BCUT2D eigenvalue weighted by Gasteiger charge is 2.30. The summed E-state index contributed by atoms with van der Waals surface area (Å²) in [6.07, 6.45) is 4.23. The highest BCUT2D eigenvalue weighted by molar-refractivity contribution is 5.79. The lowest BCUT2D eigenvalue weighted by molar-refractivity contribution is -0.137. The minimum Gasteiger partial charge on any atom is -0.380 e. The molecule has 0 aromatic carbocycles. The van der Waals surface area contributed by atoms with Gasteiger partial charge in [0, 0.05) is 25.7 Å². The molecule has 1 amide bonds.